The second kappa shape index (κ2) is 9.24. The molecule has 0 spiro atoms. The molecule has 144 valence electrons. The highest BCUT2D eigenvalue weighted by atomic mass is 35.5. The van der Waals surface area contributed by atoms with Gasteiger partial charge in [-0.1, -0.05) is 41.9 Å². The first-order valence-corrected chi connectivity index (χ1v) is 9.29. The zero-order valence-electron chi connectivity index (χ0n) is 15.5. The van der Waals surface area contributed by atoms with Gasteiger partial charge in [-0.2, -0.15) is 0 Å². The summed E-state index contributed by atoms with van der Waals surface area (Å²) in [5.41, 5.74) is 2.28. The number of furan rings is 1. The van der Waals surface area contributed by atoms with Crippen LogP contribution < -0.4 is 5.32 Å². The van der Waals surface area contributed by atoms with Crippen molar-refractivity contribution in [2.24, 2.45) is 0 Å². The van der Waals surface area contributed by atoms with E-state index >= 15 is 0 Å². The largest absolute Gasteiger partial charge is 0.467 e. The summed E-state index contributed by atoms with van der Waals surface area (Å²) in [5.74, 6) is 0.503. The van der Waals surface area contributed by atoms with E-state index in [0.29, 0.717) is 29.4 Å². The van der Waals surface area contributed by atoms with Crippen LogP contribution in [0.2, 0.25) is 5.02 Å². The zero-order chi connectivity index (χ0) is 19.9. The Labute approximate surface area is 168 Å². The molecule has 3 rings (SSSR count). The van der Waals surface area contributed by atoms with Crippen LogP contribution in [0.4, 0.5) is 0 Å². The molecule has 0 saturated carbocycles. The molecule has 0 unspecified atom stereocenters. The van der Waals surface area contributed by atoms with Crippen molar-refractivity contribution < 1.29 is 14.0 Å². The summed E-state index contributed by atoms with van der Waals surface area (Å²) in [7, 11) is 1.59. The molecule has 5 nitrogen and oxygen atoms in total. The maximum absolute atomic E-state index is 13.0. The molecule has 0 bridgehead atoms. The van der Waals surface area contributed by atoms with Crippen LogP contribution in [0, 0.1) is 0 Å². The molecule has 0 saturated heterocycles. The number of rotatable bonds is 7. The fourth-order valence-corrected chi connectivity index (χ4v) is 3.07. The van der Waals surface area contributed by atoms with Crippen LogP contribution in [0.5, 0.6) is 0 Å². The van der Waals surface area contributed by atoms with E-state index in [1.807, 2.05) is 36.4 Å². The van der Waals surface area contributed by atoms with Crippen molar-refractivity contribution in [3.05, 3.63) is 94.4 Å². The van der Waals surface area contributed by atoms with Gasteiger partial charge in [0.15, 0.2) is 0 Å². The lowest BCUT2D eigenvalue weighted by Crippen LogP contribution is -2.31. The summed E-state index contributed by atoms with van der Waals surface area (Å²) in [6, 6.07) is 18.2. The van der Waals surface area contributed by atoms with E-state index in [1.54, 1.807) is 42.5 Å². The van der Waals surface area contributed by atoms with Gasteiger partial charge in [0.25, 0.3) is 5.91 Å². The van der Waals surface area contributed by atoms with Crippen molar-refractivity contribution >= 4 is 23.4 Å². The molecule has 2 aromatic carbocycles. The Balaban J connectivity index is 1.77. The van der Waals surface area contributed by atoms with Gasteiger partial charge in [-0.05, 0) is 41.5 Å². The van der Waals surface area contributed by atoms with Crippen LogP contribution in [0.3, 0.4) is 0 Å². The highest BCUT2D eigenvalue weighted by Crippen LogP contribution is 2.18. The van der Waals surface area contributed by atoms with Gasteiger partial charge < -0.3 is 14.6 Å². The molecule has 2 amide bonds. The van der Waals surface area contributed by atoms with Crippen molar-refractivity contribution in [3.63, 3.8) is 0 Å². The molecule has 0 aliphatic rings. The lowest BCUT2D eigenvalue weighted by Gasteiger charge is -2.22. The third-order valence-corrected chi connectivity index (χ3v) is 4.76. The van der Waals surface area contributed by atoms with Crippen LogP contribution >= 0.6 is 11.6 Å². The Hall–Kier alpha value is -3.05. The Bertz CT molecular complexity index is 937. The molecule has 0 aliphatic carbocycles. The Kier molecular flexibility index (Phi) is 6.50. The first-order chi connectivity index (χ1) is 13.6. The summed E-state index contributed by atoms with van der Waals surface area (Å²) >= 11 is 6.21. The van der Waals surface area contributed by atoms with Crippen molar-refractivity contribution in [1.82, 2.24) is 10.2 Å². The number of hydrogen-bond donors (Lipinski definition) is 1. The first-order valence-electron chi connectivity index (χ1n) is 8.91. The van der Waals surface area contributed by atoms with Crippen LogP contribution in [0.15, 0.2) is 71.3 Å². The third-order valence-electron chi connectivity index (χ3n) is 4.40. The van der Waals surface area contributed by atoms with Crippen molar-refractivity contribution in [3.8, 4) is 0 Å². The fourth-order valence-electron chi connectivity index (χ4n) is 2.87. The van der Waals surface area contributed by atoms with Gasteiger partial charge in [-0.25, -0.2) is 0 Å². The molecular formula is C22H21ClN2O3. The second-order valence-electron chi connectivity index (χ2n) is 6.37. The molecule has 0 radical (unpaired) electrons. The number of nitrogens with one attached hydrogen (secondary N) is 1. The van der Waals surface area contributed by atoms with Crippen LogP contribution in [-0.4, -0.2) is 23.8 Å². The Morgan fingerprint density at radius 2 is 1.75 bits per heavy atom. The predicted octanol–water partition coefficient (Wildman–Crippen LogP) is 4.06. The molecule has 1 aromatic heterocycles. The smallest absolute Gasteiger partial charge is 0.251 e. The average Bonchev–Trinajstić information content (AvgIpc) is 3.22. The van der Waals surface area contributed by atoms with Gasteiger partial charge in [-0.15, -0.1) is 0 Å². The van der Waals surface area contributed by atoms with Crippen molar-refractivity contribution in [2.75, 3.05) is 7.05 Å². The summed E-state index contributed by atoms with van der Waals surface area (Å²) in [6.45, 7) is 0.755. The lowest BCUT2D eigenvalue weighted by atomic mass is 10.1. The van der Waals surface area contributed by atoms with Crippen LogP contribution in [0.25, 0.3) is 0 Å². The standard InChI is InChI=1S/C22H21ClN2O3/c1-24-22(27)17-10-8-16(9-11-17)14-25(15-19-6-4-12-28-19)21(26)13-18-5-2-3-7-20(18)23/h2-12H,13-15H2,1H3,(H,24,27). The molecule has 1 heterocycles. The van der Waals surface area contributed by atoms with E-state index < -0.39 is 0 Å². The second-order valence-corrected chi connectivity index (χ2v) is 6.78. The quantitative estimate of drug-likeness (QED) is 0.655. The highest BCUT2D eigenvalue weighted by molar-refractivity contribution is 6.31. The number of nitrogens with zero attached hydrogens (tertiary/aromatic N) is 1. The molecule has 0 fully saturated rings. The molecular weight excluding hydrogens is 376 g/mol. The molecule has 3 aromatic rings. The van der Waals surface area contributed by atoms with E-state index in [1.165, 1.54) is 0 Å². The number of amides is 2. The monoisotopic (exact) mass is 396 g/mol. The topological polar surface area (TPSA) is 62.6 Å². The minimum absolute atomic E-state index is 0.0557. The number of carbonyl (C=O) groups is 2. The maximum Gasteiger partial charge on any atom is 0.251 e. The van der Waals surface area contributed by atoms with E-state index in [0.717, 1.165) is 11.1 Å². The van der Waals surface area contributed by atoms with Gasteiger partial charge in [0.2, 0.25) is 5.91 Å². The fraction of sp³-hybridized carbons (Fsp3) is 0.182. The van der Waals surface area contributed by atoms with E-state index in [4.69, 9.17) is 16.0 Å². The lowest BCUT2D eigenvalue weighted by molar-refractivity contribution is -0.132. The maximum atomic E-state index is 13.0. The van der Waals surface area contributed by atoms with Crippen molar-refractivity contribution in [1.29, 1.82) is 0 Å². The minimum atomic E-state index is -0.145. The van der Waals surface area contributed by atoms with Gasteiger partial charge in [-0.3, -0.25) is 9.59 Å². The molecule has 0 atom stereocenters. The zero-order valence-corrected chi connectivity index (χ0v) is 16.3. The number of carbonyl (C=O) groups excluding carboxylic acids is 2. The first kappa shape index (κ1) is 19.7. The summed E-state index contributed by atoms with van der Waals surface area (Å²) < 4.78 is 5.42. The van der Waals surface area contributed by atoms with Crippen LogP contribution in [-0.2, 0) is 24.3 Å². The summed E-state index contributed by atoms with van der Waals surface area (Å²) in [4.78, 5) is 26.4. The van der Waals surface area contributed by atoms with Gasteiger partial charge in [0.1, 0.15) is 5.76 Å². The van der Waals surface area contributed by atoms with E-state index in [2.05, 4.69) is 5.32 Å². The van der Waals surface area contributed by atoms with Crippen LogP contribution in [0.1, 0.15) is 27.2 Å². The summed E-state index contributed by atoms with van der Waals surface area (Å²) in [5, 5.41) is 3.17. The third kappa shape index (κ3) is 5.02. The number of halogens is 1. The number of benzene rings is 2. The van der Waals surface area contributed by atoms with Gasteiger partial charge >= 0.3 is 0 Å². The summed E-state index contributed by atoms with van der Waals surface area (Å²) in [6.07, 6.45) is 1.79. The highest BCUT2D eigenvalue weighted by Gasteiger charge is 2.18. The van der Waals surface area contributed by atoms with Crippen molar-refractivity contribution in [2.45, 2.75) is 19.5 Å². The molecule has 0 aliphatic heterocycles. The normalized spacial score (nSPS) is 10.5. The van der Waals surface area contributed by atoms with Gasteiger partial charge in [0.05, 0.1) is 19.2 Å². The average molecular weight is 397 g/mol. The number of hydrogen-bond acceptors (Lipinski definition) is 3. The molecule has 1 N–H and O–H groups in total. The SMILES string of the molecule is CNC(=O)c1ccc(CN(Cc2ccco2)C(=O)Cc2ccccc2Cl)cc1. The Morgan fingerprint density at radius 3 is 2.39 bits per heavy atom. The molecule has 6 heteroatoms. The van der Waals surface area contributed by atoms with E-state index in [-0.39, 0.29) is 18.2 Å². The van der Waals surface area contributed by atoms with Gasteiger partial charge in [0, 0.05) is 24.2 Å². The Morgan fingerprint density at radius 1 is 1.00 bits per heavy atom. The predicted molar refractivity (Wildman–Crippen MR) is 108 cm³/mol. The molecule has 28 heavy (non-hydrogen) atoms. The minimum Gasteiger partial charge on any atom is -0.467 e. The van der Waals surface area contributed by atoms with E-state index in [9.17, 15) is 9.59 Å².